The van der Waals surface area contributed by atoms with Crippen LogP contribution < -0.4 is 0 Å². The number of hydrogen-bond donors (Lipinski definition) is 1. The molecule has 0 bridgehead atoms. The fraction of sp³-hybridized carbons (Fsp3) is 0.700. The molecule has 21 heavy (non-hydrogen) atoms. The zero-order chi connectivity index (χ0) is 16.3. The van der Waals surface area contributed by atoms with Crippen LogP contribution >= 0.6 is 0 Å². The summed E-state index contributed by atoms with van der Waals surface area (Å²) in [6.45, 7) is 10.7. The highest BCUT2D eigenvalue weighted by Gasteiger charge is 2.14. The zero-order valence-corrected chi connectivity index (χ0v) is 14.7. The summed E-state index contributed by atoms with van der Waals surface area (Å²) in [5, 5.41) is 9.73. The van der Waals surface area contributed by atoms with Gasteiger partial charge in [-0.05, 0) is 65.2 Å². The number of terminal acetylenes is 1. The molecular formula is C20H34O. The van der Waals surface area contributed by atoms with Gasteiger partial charge in [0, 0.05) is 0 Å². The van der Waals surface area contributed by atoms with Gasteiger partial charge in [-0.3, -0.25) is 0 Å². The predicted octanol–water partition coefficient (Wildman–Crippen LogP) is 5.65. The monoisotopic (exact) mass is 290 g/mol. The second-order valence-electron chi connectivity index (χ2n) is 6.88. The molecule has 1 N–H and O–H groups in total. The van der Waals surface area contributed by atoms with E-state index < -0.39 is 5.60 Å². The molecule has 1 heteroatoms. The van der Waals surface area contributed by atoms with Crippen molar-refractivity contribution in [3.8, 4) is 12.3 Å². The van der Waals surface area contributed by atoms with E-state index in [1.54, 1.807) is 6.92 Å². The highest BCUT2D eigenvalue weighted by atomic mass is 16.3. The molecule has 1 nitrogen and oxygen atoms in total. The van der Waals surface area contributed by atoms with Crippen LogP contribution in [0.5, 0.6) is 0 Å². The zero-order valence-electron chi connectivity index (χ0n) is 14.7. The molecule has 120 valence electrons. The topological polar surface area (TPSA) is 20.2 Å². The first kappa shape index (κ1) is 20.0. The minimum atomic E-state index is -0.969. The molecule has 0 heterocycles. The second-order valence-corrected chi connectivity index (χ2v) is 6.88. The van der Waals surface area contributed by atoms with E-state index in [0.29, 0.717) is 6.42 Å². The van der Waals surface area contributed by atoms with Crippen molar-refractivity contribution in [3.05, 3.63) is 23.3 Å². The normalized spacial score (nSPS) is 15.9. The van der Waals surface area contributed by atoms with Crippen molar-refractivity contribution in [2.45, 2.75) is 85.2 Å². The summed E-state index contributed by atoms with van der Waals surface area (Å²) in [5.41, 5.74) is 1.93. The van der Waals surface area contributed by atoms with Gasteiger partial charge in [0.1, 0.15) is 5.60 Å². The van der Waals surface area contributed by atoms with Crippen molar-refractivity contribution in [1.29, 1.82) is 0 Å². The summed E-state index contributed by atoms with van der Waals surface area (Å²) in [4.78, 5) is 0. The maximum atomic E-state index is 9.73. The molecule has 0 aliphatic carbocycles. The third kappa shape index (κ3) is 12.5. The van der Waals surface area contributed by atoms with Gasteiger partial charge in [-0.1, -0.05) is 49.5 Å². The lowest BCUT2D eigenvalue weighted by Crippen LogP contribution is -2.20. The van der Waals surface area contributed by atoms with Crippen molar-refractivity contribution in [1.82, 2.24) is 0 Å². The number of hydrogen-bond acceptors (Lipinski definition) is 1. The maximum absolute atomic E-state index is 9.73. The van der Waals surface area contributed by atoms with Crippen LogP contribution in [0.3, 0.4) is 0 Å². The summed E-state index contributed by atoms with van der Waals surface area (Å²) in [5.74, 6) is 3.23. The van der Waals surface area contributed by atoms with Crippen molar-refractivity contribution in [2.24, 2.45) is 5.92 Å². The Bertz CT molecular complexity index is 377. The average Bonchev–Trinajstić information content (AvgIpc) is 2.38. The van der Waals surface area contributed by atoms with E-state index in [-0.39, 0.29) is 0 Å². The summed E-state index contributed by atoms with van der Waals surface area (Å²) >= 11 is 0. The van der Waals surface area contributed by atoms with Gasteiger partial charge in [0.05, 0.1) is 0 Å². The fourth-order valence-electron chi connectivity index (χ4n) is 2.21. The minimum absolute atomic E-state index is 0.630. The number of allylic oxidation sites excluding steroid dienone is 4. The largest absolute Gasteiger partial charge is 0.378 e. The minimum Gasteiger partial charge on any atom is -0.378 e. The van der Waals surface area contributed by atoms with E-state index in [9.17, 15) is 5.11 Å². The van der Waals surface area contributed by atoms with Gasteiger partial charge >= 0.3 is 0 Å². The van der Waals surface area contributed by atoms with E-state index in [0.717, 1.165) is 25.2 Å². The molecule has 1 unspecified atom stereocenters. The molecule has 0 aromatic carbocycles. The molecule has 0 amide bonds. The van der Waals surface area contributed by atoms with Crippen LogP contribution in [-0.2, 0) is 0 Å². The second kappa shape index (κ2) is 10.7. The molecule has 0 aromatic heterocycles. The third-order valence-electron chi connectivity index (χ3n) is 3.82. The van der Waals surface area contributed by atoms with Gasteiger partial charge < -0.3 is 5.11 Å². The molecule has 0 saturated carbocycles. The lowest BCUT2D eigenvalue weighted by molar-refractivity contribution is 0.113. The fourth-order valence-corrected chi connectivity index (χ4v) is 2.21. The smallest absolute Gasteiger partial charge is 0.122 e. The predicted molar refractivity (Wildman–Crippen MR) is 94.1 cm³/mol. The SMILES string of the molecule is C#CC(C)(O)CC/C=C(/C)CCC=C(C)CCCC(C)C. The summed E-state index contributed by atoms with van der Waals surface area (Å²) in [7, 11) is 0. The first-order valence-electron chi connectivity index (χ1n) is 8.28. The Hall–Kier alpha value is -1.00. The van der Waals surface area contributed by atoms with Gasteiger partial charge in [0.2, 0.25) is 0 Å². The molecule has 0 fully saturated rings. The Morgan fingerprint density at radius 2 is 1.71 bits per heavy atom. The van der Waals surface area contributed by atoms with Gasteiger partial charge in [-0.2, -0.15) is 0 Å². The van der Waals surface area contributed by atoms with Crippen LogP contribution in [0, 0.1) is 18.3 Å². The first-order chi connectivity index (χ1) is 9.76. The molecule has 0 aromatic rings. The van der Waals surface area contributed by atoms with Gasteiger partial charge in [0.15, 0.2) is 0 Å². The molecular weight excluding hydrogens is 256 g/mol. The van der Waals surface area contributed by atoms with Crippen LogP contribution in [0.2, 0.25) is 0 Å². The van der Waals surface area contributed by atoms with E-state index >= 15 is 0 Å². The molecule has 0 aliphatic rings. The van der Waals surface area contributed by atoms with Crippen LogP contribution in [0.4, 0.5) is 0 Å². The Labute approximate surface area is 132 Å². The van der Waals surface area contributed by atoms with Crippen LogP contribution in [0.1, 0.15) is 79.6 Å². The maximum Gasteiger partial charge on any atom is 0.122 e. The summed E-state index contributed by atoms with van der Waals surface area (Å²) in [6, 6.07) is 0. The van der Waals surface area contributed by atoms with E-state index in [1.807, 2.05) is 0 Å². The number of aliphatic hydroxyl groups is 1. The van der Waals surface area contributed by atoms with Crippen LogP contribution in [-0.4, -0.2) is 10.7 Å². The lowest BCUT2D eigenvalue weighted by Gasteiger charge is -2.14. The van der Waals surface area contributed by atoms with Crippen LogP contribution in [0.15, 0.2) is 23.3 Å². The molecule has 0 spiro atoms. The lowest BCUT2D eigenvalue weighted by atomic mass is 9.99. The first-order valence-corrected chi connectivity index (χ1v) is 8.28. The standard InChI is InChI=1S/C20H34O/c1-7-20(6,21)16-10-15-19(5)14-9-13-18(4)12-8-11-17(2)3/h1,13,15,17,21H,8-12,14,16H2,2-6H3/b18-13?,19-15-. The van der Waals surface area contributed by atoms with E-state index in [2.05, 4.69) is 45.8 Å². The van der Waals surface area contributed by atoms with Gasteiger partial charge in [-0.15, -0.1) is 6.42 Å². The molecule has 0 radical (unpaired) electrons. The van der Waals surface area contributed by atoms with Crippen molar-refractivity contribution in [3.63, 3.8) is 0 Å². The van der Waals surface area contributed by atoms with Crippen molar-refractivity contribution in [2.75, 3.05) is 0 Å². The van der Waals surface area contributed by atoms with Gasteiger partial charge in [-0.25, -0.2) is 0 Å². The Balaban J connectivity index is 3.91. The highest BCUT2D eigenvalue weighted by molar-refractivity contribution is 5.07. The summed E-state index contributed by atoms with van der Waals surface area (Å²) in [6.07, 6.45) is 17.4. The molecule has 0 rings (SSSR count). The Kier molecular flexibility index (Phi) is 10.2. The van der Waals surface area contributed by atoms with Crippen molar-refractivity contribution >= 4 is 0 Å². The third-order valence-corrected chi connectivity index (χ3v) is 3.82. The van der Waals surface area contributed by atoms with Gasteiger partial charge in [0.25, 0.3) is 0 Å². The average molecular weight is 290 g/mol. The summed E-state index contributed by atoms with van der Waals surface area (Å²) < 4.78 is 0. The Morgan fingerprint density at radius 1 is 1.14 bits per heavy atom. The Morgan fingerprint density at radius 3 is 2.29 bits per heavy atom. The van der Waals surface area contributed by atoms with E-state index in [4.69, 9.17) is 6.42 Å². The van der Waals surface area contributed by atoms with Crippen molar-refractivity contribution < 1.29 is 5.11 Å². The highest BCUT2D eigenvalue weighted by Crippen LogP contribution is 2.16. The molecule has 0 aliphatic heterocycles. The van der Waals surface area contributed by atoms with E-state index in [1.165, 1.54) is 30.4 Å². The number of rotatable bonds is 10. The molecule has 0 saturated heterocycles. The molecule has 1 atom stereocenters. The quantitative estimate of drug-likeness (QED) is 0.407. The van der Waals surface area contributed by atoms with Crippen LogP contribution in [0.25, 0.3) is 0 Å².